The van der Waals surface area contributed by atoms with Crippen LogP contribution in [0.5, 0.6) is 5.75 Å². The van der Waals surface area contributed by atoms with E-state index in [4.69, 9.17) is 9.47 Å². The number of halogens is 2. The summed E-state index contributed by atoms with van der Waals surface area (Å²) in [5, 5.41) is 10.1. The smallest absolute Gasteiger partial charge is 0.304 e. The monoisotopic (exact) mass is 610 g/mol. The van der Waals surface area contributed by atoms with Crippen LogP contribution in [0.1, 0.15) is 38.5 Å². The van der Waals surface area contributed by atoms with Gasteiger partial charge in [-0.05, 0) is 73.9 Å². The Balaban J connectivity index is 1.38. The Morgan fingerprint density at radius 3 is 2.70 bits per heavy atom. The van der Waals surface area contributed by atoms with Crippen molar-refractivity contribution in [2.75, 3.05) is 25.0 Å². The summed E-state index contributed by atoms with van der Waals surface area (Å²) in [6.07, 6.45) is 6.71. The Kier molecular flexibility index (Phi) is 8.40. The highest BCUT2D eigenvalue weighted by atomic mass is 32.1. The molecular weight excluding hydrogens is 578 g/mol. The summed E-state index contributed by atoms with van der Waals surface area (Å²) < 4.78 is 41.4. The highest BCUT2D eigenvalue weighted by Crippen LogP contribution is 2.43. The number of fused-ring (bicyclic) bond motifs is 1. The molecule has 1 unspecified atom stereocenters. The van der Waals surface area contributed by atoms with Crippen molar-refractivity contribution in [2.45, 2.75) is 44.6 Å². The number of hydrogen-bond donors (Lipinski definition) is 1. The summed E-state index contributed by atoms with van der Waals surface area (Å²) >= 11 is 0.751. The third-order valence-corrected chi connectivity index (χ3v) is 8.99. The first-order valence-electron chi connectivity index (χ1n) is 14.4. The Labute approximate surface area is 251 Å². The van der Waals surface area contributed by atoms with E-state index in [0.717, 1.165) is 48.1 Å². The number of benzene rings is 1. The molecule has 12 heteroatoms. The molecule has 43 heavy (non-hydrogen) atoms. The van der Waals surface area contributed by atoms with E-state index >= 15 is 4.39 Å². The number of aromatic nitrogens is 3. The van der Waals surface area contributed by atoms with Crippen molar-refractivity contribution in [1.29, 1.82) is 0 Å². The molecule has 4 aromatic rings. The van der Waals surface area contributed by atoms with Crippen LogP contribution in [0.2, 0.25) is 0 Å². The summed E-state index contributed by atoms with van der Waals surface area (Å²) in [6.45, 7) is 0.127. The lowest BCUT2D eigenvalue weighted by molar-refractivity contribution is -0.141. The molecule has 1 atom stereocenters. The second kappa shape index (κ2) is 12.4. The van der Waals surface area contributed by atoms with Crippen LogP contribution in [0.3, 0.4) is 0 Å². The summed E-state index contributed by atoms with van der Waals surface area (Å²) in [4.78, 5) is 36.4. The highest BCUT2D eigenvalue weighted by molar-refractivity contribution is 7.14. The van der Waals surface area contributed by atoms with Crippen LogP contribution in [-0.4, -0.2) is 57.6 Å². The predicted molar refractivity (Wildman–Crippen MR) is 158 cm³/mol. The lowest BCUT2D eigenvalue weighted by Gasteiger charge is -2.29. The van der Waals surface area contributed by atoms with Gasteiger partial charge in [0, 0.05) is 61.1 Å². The average Bonchev–Trinajstić information content (AvgIpc) is 3.66. The van der Waals surface area contributed by atoms with Gasteiger partial charge in [0.25, 0.3) is 0 Å². The van der Waals surface area contributed by atoms with Crippen LogP contribution < -0.4 is 9.64 Å². The fourth-order valence-electron chi connectivity index (χ4n) is 5.81. The van der Waals surface area contributed by atoms with Crippen molar-refractivity contribution in [3.05, 3.63) is 47.9 Å². The Morgan fingerprint density at radius 1 is 1.19 bits per heavy atom. The van der Waals surface area contributed by atoms with E-state index in [1.165, 1.54) is 11.0 Å². The van der Waals surface area contributed by atoms with Gasteiger partial charge in [-0.25, -0.2) is 14.4 Å². The quantitative estimate of drug-likeness (QED) is 0.215. The van der Waals surface area contributed by atoms with Crippen LogP contribution in [0.4, 0.5) is 13.9 Å². The van der Waals surface area contributed by atoms with E-state index in [9.17, 15) is 19.1 Å². The maximum absolute atomic E-state index is 15.8. The molecule has 1 N–H and O–H groups in total. The number of ether oxygens (including phenoxy) is 2. The number of nitrogens with zero attached hydrogens (tertiary/aromatic N) is 4. The van der Waals surface area contributed by atoms with Gasteiger partial charge in [-0.2, -0.15) is 4.39 Å². The van der Waals surface area contributed by atoms with E-state index in [2.05, 4.69) is 9.97 Å². The highest BCUT2D eigenvalue weighted by Gasteiger charge is 2.40. The standard InChI is InChI=1S/C31H32F2N4O5S/c1-36-9-6-19-13-21(16-34-29(19)36)24-5-4-23(42-17-32)15-25(24)27-28(33)43-31(35-27)37(22-2-3-22)30(40)20(14-26(38)39)12-18-7-10-41-11-8-18/h4-6,9,13,15-16,18,20,22H,2-3,7-8,10-12,14,17H2,1H3,(H,38,39). The van der Waals surface area contributed by atoms with Gasteiger partial charge in [-0.1, -0.05) is 11.3 Å². The number of alkyl halides is 1. The van der Waals surface area contributed by atoms with E-state index in [1.807, 2.05) is 29.9 Å². The number of carbonyl (C=O) groups excluding carboxylic acids is 1. The molecule has 226 valence electrons. The van der Waals surface area contributed by atoms with Crippen molar-refractivity contribution in [3.8, 4) is 28.1 Å². The van der Waals surface area contributed by atoms with Gasteiger partial charge < -0.3 is 19.1 Å². The molecule has 2 aliphatic rings. The number of carboxylic acids is 1. The van der Waals surface area contributed by atoms with Gasteiger partial charge in [-0.15, -0.1) is 0 Å². The van der Waals surface area contributed by atoms with Crippen molar-refractivity contribution in [3.63, 3.8) is 0 Å². The lowest BCUT2D eigenvalue weighted by atomic mass is 9.86. The van der Waals surface area contributed by atoms with Crippen molar-refractivity contribution in [2.24, 2.45) is 18.9 Å². The zero-order chi connectivity index (χ0) is 30.1. The van der Waals surface area contributed by atoms with Crippen molar-refractivity contribution in [1.82, 2.24) is 14.5 Å². The molecule has 1 aliphatic heterocycles. The van der Waals surface area contributed by atoms with Crippen LogP contribution in [0, 0.1) is 17.0 Å². The van der Waals surface area contributed by atoms with Gasteiger partial charge in [0.05, 0.1) is 6.42 Å². The molecule has 1 saturated heterocycles. The number of carbonyl (C=O) groups is 2. The van der Waals surface area contributed by atoms with Gasteiger partial charge in [0.2, 0.25) is 17.9 Å². The van der Waals surface area contributed by atoms with Gasteiger partial charge in [0.15, 0.2) is 5.13 Å². The zero-order valence-electron chi connectivity index (χ0n) is 23.7. The van der Waals surface area contributed by atoms with Gasteiger partial charge in [-0.3, -0.25) is 14.5 Å². The van der Waals surface area contributed by atoms with E-state index < -0.39 is 23.9 Å². The van der Waals surface area contributed by atoms with Gasteiger partial charge >= 0.3 is 5.97 Å². The molecule has 1 amide bonds. The SMILES string of the molecule is Cn1ccc2cc(-c3ccc(OCF)cc3-c3nc(N(C(=O)C(CC(=O)O)CC4CCOCC4)C4CC4)sc3F)cnc21. The molecule has 9 nitrogen and oxygen atoms in total. The third kappa shape index (κ3) is 6.25. The predicted octanol–water partition coefficient (Wildman–Crippen LogP) is 6.21. The van der Waals surface area contributed by atoms with Crippen molar-refractivity contribution < 1.29 is 33.0 Å². The number of pyridine rings is 1. The van der Waals surface area contributed by atoms with Crippen LogP contribution >= 0.6 is 11.3 Å². The van der Waals surface area contributed by atoms with E-state index in [0.29, 0.717) is 36.3 Å². The summed E-state index contributed by atoms with van der Waals surface area (Å²) in [5.74, 6) is -1.76. The molecular formula is C31H32F2N4O5S. The maximum Gasteiger partial charge on any atom is 0.304 e. The summed E-state index contributed by atoms with van der Waals surface area (Å²) in [5.41, 5.74) is 2.50. The van der Waals surface area contributed by atoms with E-state index in [-0.39, 0.29) is 40.9 Å². The number of rotatable bonds is 11. The van der Waals surface area contributed by atoms with Gasteiger partial charge in [0.1, 0.15) is 17.1 Å². The first kappa shape index (κ1) is 29.2. The lowest BCUT2D eigenvalue weighted by Crippen LogP contribution is -2.40. The fraction of sp³-hybridized carbons (Fsp3) is 0.419. The largest absolute Gasteiger partial charge is 0.481 e. The topological polar surface area (TPSA) is 107 Å². The molecule has 1 saturated carbocycles. The number of hydrogen-bond acceptors (Lipinski definition) is 7. The van der Waals surface area contributed by atoms with Crippen LogP contribution in [-0.2, 0) is 21.4 Å². The Morgan fingerprint density at radius 2 is 1.98 bits per heavy atom. The minimum atomic E-state index is -1.05. The molecule has 2 fully saturated rings. The van der Waals surface area contributed by atoms with Crippen LogP contribution in [0.15, 0.2) is 42.7 Å². The molecule has 6 rings (SSSR count). The van der Waals surface area contributed by atoms with E-state index in [1.54, 1.807) is 18.3 Å². The third-order valence-electron chi connectivity index (χ3n) is 8.14. The first-order chi connectivity index (χ1) is 20.8. The number of thiazole rings is 1. The maximum atomic E-state index is 15.8. The molecule has 1 aliphatic carbocycles. The number of aryl methyl sites for hydroxylation is 1. The molecule has 4 heterocycles. The summed E-state index contributed by atoms with van der Waals surface area (Å²) in [6, 6.07) is 8.56. The number of anilines is 1. The molecule has 0 spiro atoms. The number of amides is 1. The first-order valence-corrected chi connectivity index (χ1v) is 15.2. The minimum Gasteiger partial charge on any atom is -0.481 e. The minimum absolute atomic E-state index is 0.00475. The average molecular weight is 611 g/mol. The molecule has 1 aromatic carbocycles. The molecule has 0 bridgehead atoms. The zero-order valence-corrected chi connectivity index (χ0v) is 24.5. The normalized spacial score (nSPS) is 16.3. The Hall–Kier alpha value is -3.90. The number of carboxylic acid groups (broad SMARTS) is 1. The molecule has 0 radical (unpaired) electrons. The fourth-order valence-corrected chi connectivity index (χ4v) is 6.70. The number of aliphatic carboxylic acids is 1. The molecule has 3 aromatic heterocycles. The van der Waals surface area contributed by atoms with Crippen molar-refractivity contribution >= 4 is 39.4 Å². The Bertz CT molecular complexity index is 1650. The second-order valence-electron chi connectivity index (χ2n) is 11.2. The summed E-state index contributed by atoms with van der Waals surface area (Å²) in [7, 11) is 1.90. The second-order valence-corrected chi connectivity index (χ2v) is 12.1. The van der Waals surface area contributed by atoms with Crippen LogP contribution in [0.25, 0.3) is 33.4 Å².